The molecule has 2 fully saturated rings. The molecule has 0 amide bonds. The zero-order valence-electron chi connectivity index (χ0n) is 14.3. The second-order valence-electron chi connectivity index (χ2n) is 6.38. The maximum absolute atomic E-state index is 12.9. The number of anilines is 2. The largest absolute Gasteiger partial charge is 0.373 e. The highest BCUT2D eigenvalue weighted by Crippen LogP contribution is 2.22. The van der Waals surface area contributed by atoms with E-state index in [-0.39, 0.29) is 23.3 Å². The van der Waals surface area contributed by atoms with Crippen molar-refractivity contribution in [2.24, 2.45) is 0 Å². The Kier molecular flexibility index (Phi) is 5.35. The SMILES string of the molecule is CC1CN(S(=O)(=O)N2CCN(c3cc(Cl)nc(N)n3)CC2)CC(C)O1. The third kappa shape index (κ3) is 4.14. The van der Waals surface area contributed by atoms with E-state index in [0.29, 0.717) is 45.1 Å². The van der Waals surface area contributed by atoms with Gasteiger partial charge in [0, 0.05) is 45.3 Å². The highest BCUT2D eigenvalue weighted by atomic mass is 35.5. The van der Waals surface area contributed by atoms with Gasteiger partial charge in [-0.05, 0) is 13.8 Å². The van der Waals surface area contributed by atoms with Crippen LogP contribution in [0.1, 0.15) is 13.8 Å². The molecule has 140 valence electrons. The van der Waals surface area contributed by atoms with Gasteiger partial charge in [-0.25, -0.2) is 4.98 Å². The van der Waals surface area contributed by atoms with Crippen LogP contribution in [-0.4, -0.2) is 78.5 Å². The lowest BCUT2D eigenvalue weighted by Crippen LogP contribution is -2.57. The molecule has 1 aromatic heterocycles. The van der Waals surface area contributed by atoms with Gasteiger partial charge >= 0.3 is 0 Å². The normalized spacial score (nSPS) is 26.8. The zero-order valence-corrected chi connectivity index (χ0v) is 15.9. The fraction of sp³-hybridized carbons (Fsp3) is 0.714. The van der Waals surface area contributed by atoms with Crippen molar-refractivity contribution in [3.8, 4) is 0 Å². The lowest BCUT2D eigenvalue weighted by atomic mass is 10.3. The quantitative estimate of drug-likeness (QED) is 0.734. The number of aromatic nitrogens is 2. The summed E-state index contributed by atoms with van der Waals surface area (Å²) < 4.78 is 34.4. The van der Waals surface area contributed by atoms with Crippen molar-refractivity contribution >= 4 is 33.6 Å². The number of ether oxygens (including phenoxy) is 1. The van der Waals surface area contributed by atoms with E-state index in [4.69, 9.17) is 22.1 Å². The monoisotopic (exact) mass is 390 g/mol. The first kappa shape index (κ1) is 18.6. The van der Waals surface area contributed by atoms with Gasteiger partial charge in [0.15, 0.2) is 0 Å². The lowest BCUT2D eigenvalue weighted by molar-refractivity contribution is -0.0455. The summed E-state index contributed by atoms with van der Waals surface area (Å²) in [5.41, 5.74) is 5.63. The smallest absolute Gasteiger partial charge is 0.282 e. The number of rotatable bonds is 3. The van der Waals surface area contributed by atoms with Crippen LogP contribution in [0.5, 0.6) is 0 Å². The van der Waals surface area contributed by atoms with Crippen LogP contribution in [-0.2, 0) is 14.9 Å². The Bertz CT molecular complexity index is 695. The summed E-state index contributed by atoms with van der Waals surface area (Å²) in [5.74, 6) is 0.719. The highest BCUT2D eigenvalue weighted by Gasteiger charge is 2.36. The number of nitrogen functional groups attached to an aromatic ring is 1. The number of hydrogen-bond acceptors (Lipinski definition) is 7. The summed E-state index contributed by atoms with van der Waals surface area (Å²) in [6.45, 7) is 6.32. The molecule has 2 atom stereocenters. The summed E-state index contributed by atoms with van der Waals surface area (Å²) in [4.78, 5) is 9.97. The third-order valence-electron chi connectivity index (χ3n) is 4.30. The van der Waals surface area contributed by atoms with Crippen molar-refractivity contribution < 1.29 is 13.2 Å². The second-order valence-corrected chi connectivity index (χ2v) is 8.69. The molecule has 11 heteroatoms. The van der Waals surface area contributed by atoms with E-state index < -0.39 is 10.2 Å². The van der Waals surface area contributed by atoms with Crippen LogP contribution in [0.2, 0.25) is 5.15 Å². The van der Waals surface area contributed by atoms with Gasteiger partial charge in [-0.3, -0.25) is 0 Å². The minimum absolute atomic E-state index is 0.105. The average molecular weight is 391 g/mol. The van der Waals surface area contributed by atoms with Crippen LogP contribution in [0.4, 0.5) is 11.8 Å². The van der Waals surface area contributed by atoms with Crippen molar-refractivity contribution in [3.05, 3.63) is 11.2 Å². The predicted octanol–water partition coefficient (Wildman–Crippen LogP) is 0.188. The maximum Gasteiger partial charge on any atom is 0.282 e. The van der Waals surface area contributed by atoms with Gasteiger partial charge < -0.3 is 15.4 Å². The van der Waals surface area contributed by atoms with Gasteiger partial charge in [-0.1, -0.05) is 11.6 Å². The number of piperazine rings is 1. The van der Waals surface area contributed by atoms with E-state index in [1.165, 1.54) is 8.61 Å². The topological polar surface area (TPSA) is 105 Å². The summed E-state index contributed by atoms with van der Waals surface area (Å²) in [7, 11) is -3.50. The number of halogens is 1. The number of nitrogens with zero attached hydrogens (tertiary/aromatic N) is 5. The van der Waals surface area contributed by atoms with E-state index >= 15 is 0 Å². The van der Waals surface area contributed by atoms with Crippen LogP contribution < -0.4 is 10.6 Å². The Labute approximate surface area is 152 Å². The van der Waals surface area contributed by atoms with Crippen molar-refractivity contribution in [1.29, 1.82) is 0 Å². The Hall–Kier alpha value is -1.20. The first-order chi connectivity index (χ1) is 11.8. The molecule has 0 radical (unpaired) electrons. The molecule has 2 aliphatic rings. The van der Waals surface area contributed by atoms with Gasteiger partial charge in [0.05, 0.1) is 12.2 Å². The molecule has 2 saturated heterocycles. The van der Waals surface area contributed by atoms with Gasteiger partial charge in [-0.2, -0.15) is 22.0 Å². The van der Waals surface area contributed by atoms with Crippen LogP contribution in [0.3, 0.4) is 0 Å². The van der Waals surface area contributed by atoms with Gasteiger partial charge in [0.25, 0.3) is 10.2 Å². The van der Waals surface area contributed by atoms with Crippen molar-refractivity contribution in [2.45, 2.75) is 26.1 Å². The average Bonchev–Trinajstić information content (AvgIpc) is 2.53. The molecule has 9 nitrogen and oxygen atoms in total. The molecule has 0 spiro atoms. The molecule has 3 heterocycles. The lowest BCUT2D eigenvalue weighted by Gasteiger charge is -2.40. The van der Waals surface area contributed by atoms with Crippen LogP contribution in [0.15, 0.2) is 6.07 Å². The molecule has 2 aliphatic heterocycles. The van der Waals surface area contributed by atoms with Crippen molar-refractivity contribution in [3.63, 3.8) is 0 Å². The van der Waals surface area contributed by atoms with Gasteiger partial charge in [0.2, 0.25) is 5.95 Å². The van der Waals surface area contributed by atoms with Crippen LogP contribution in [0.25, 0.3) is 0 Å². The molecule has 3 rings (SSSR count). The fourth-order valence-corrected chi connectivity index (χ4v) is 5.15. The molecule has 0 saturated carbocycles. The third-order valence-corrected chi connectivity index (χ3v) is 6.46. The predicted molar refractivity (Wildman–Crippen MR) is 95.7 cm³/mol. The zero-order chi connectivity index (χ0) is 18.2. The molecule has 2 N–H and O–H groups in total. The summed E-state index contributed by atoms with van der Waals surface area (Å²) in [6.07, 6.45) is -0.211. The molecule has 0 aliphatic carbocycles. The number of nitrogens with two attached hydrogens (primary N) is 1. The van der Waals surface area contributed by atoms with Gasteiger partial charge in [-0.15, -0.1) is 0 Å². The standard InChI is InChI=1S/C14H23ClN6O3S/c1-10-8-21(9-11(2)24-10)25(22,23)20-5-3-19(4-6-20)13-7-12(15)17-14(16)18-13/h7,10-11H,3-6,8-9H2,1-2H3,(H2,16,17,18). The van der Waals surface area contributed by atoms with E-state index in [0.717, 1.165) is 0 Å². The van der Waals surface area contributed by atoms with Crippen LogP contribution in [0, 0.1) is 0 Å². The first-order valence-corrected chi connectivity index (χ1v) is 9.99. The van der Waals surface area contributed by atoms with E-state index in [1.807, 2.05) is 18.7 Å². The molecular formula is C14H23ClN6O3S. The van der Waals surface area contributed by atoms with E-state index in [2.05, 4.69) is 9.97 Å². The minimum Gasteiger partial charge on any atom is -0.373 e. The van der Waals surface area contributed by atoms with Crippen molar-refractivity contribution in [2.75, 3.05) is 49.9 Å². The first-order valence-electron chi connectivity index (χ1n) is 8.21. The molecular weight excluding hydrogens is 368 g/mol. The number of morpholine rings is 1. The molecule has 25 heavy (non-hydrogen) atoms. The maximum atomic E-state index is 12.9. The molecule has 2 unspecified atom stereocenters. The minimum atomic E-state index is -3.50. The van der Waals surface area contributed by atoms with Crippen molar-refractivity contribution in [1.82, 2.24) is 18.6 Å². The van der Waals surface area contributed by atoms with Crippen LogP contribution >= 0.6 is 11.6 Å². The second kappa shape index (κ2) is 7.20. The molecule has 0 aromatic carbocycles. The van der Waals surface area contributed by atoms with E-state index in [9.17, 15) is 8.42 Å². The summed E-state index contributed by atoms with van der Waals surface area (Å²) >= 11 is 5.92. The van der Waals surface area contributed by atoms with E-state index in [1.54, 1.807) is 6.07 Å². The number of hydrogen-bond donors (Lipinski definition) is 1. The molecule has 0 bridgehead atoms. The highest BCUT2D eigenvalue weighted by molar-refractivity contribution is 7.86. The van der Waals surface area contributed by atoms with Gasteiger partial charge in [0.1, 0.15) is 11.0 Å². The summed E-state index contributed by atoms with van der Waals surface area (Å²) in [6, 6.07) is 1.63. The molecule has 1 aromatic rings. The Morgan fingerprint density at radius 2 is 1.72 bits per heavy atom. The summed E-state index contributed by atoms with van der Waals surface area (Å²) in [5, 5.41) is 0.272. The Balaban J connectivity index is 1.67. The fourth-order valence-electron chi connectivity index (χ4n) is 3.22. The Morgan fingerprint density at radius 3 is 2.28 bits per heavy atom. The Morgan fingerprint density at radius 1 is 1.12 bits per heavy atom.